The highest BCUT2D eigenvalue weighted by molar-refractivity contribution is 7.89. The van der Waals surface area contributed by atoms with Gasteiger partial charge in [0.2, 0.25) is 15.9 Å². The second-order valence-corrected chi connectivity index (χ2v) is 6.88. The minimum Gasteiger partial charge on any atom is -0.381 e. The molecule has 1 amide bonds. The molecule has 0 radical (unpaired) electrons. The average Bonchev–Trinajstić information content (AvgIpc) is 2.42. The van der Waals surface area contributed by atoms with Gasteiger partial charge in [0, 0.05) is 25.3 Å². The Kier molecular flexibility index (Phi) is 6.80. The lowest BCUT2D eigenvalue weighted by Gasteiger charge is -2.08. The summed E-state index contributed by atoms with van der Waals surface area (Å²) in [6, 6.07) is 5.50. The number of nitrogens with one attached hydrogen (secondary N) is 1. The van der Waals surface area contributed by atoms with E-state index in [9.17, 15) is 13.2 Å². The lowest BCUT2D eigenvalue weighted by molar-refractivity contribution is 0.1000. The van der Waals surface area contributed by atoms with Crippen molar-refractivity contribution in [1.29, 1.82) is 0 Å². The number of carbonyl (C=O) groups is 1. The summed E-state index contributed by atoms with van der Waals surface area (Å²) in [4.78, 5) is 11.0. The van der Waals surface area contributed by atoms with Crippen molar-refractivity contribution in [3.63, 3.8) is 0 Å². The maximum absolute atomic E-state index is 12.0. The topological polar surface area (TPSA) is 98.5 Å². The van der Waals surface area contributed by atoms with Gasteiger partial charge >= 0.3 is 0 Å². The normalized spacial score (nSPS) is 11.8. The Bertz CT molecular complexity index is 553. The first-order valence-corrected chi connectivity index (χ1v) is 8.28. The van der Waals surface area contributed by atoms with Crippen LogP contribution in [0.3, 0.4) is 0 Å². The highest BCUT2D eigenvalue weighted by atomic mass is 32.2. The quantitative estimate of drug-likeness (QED) is 0.667. The second-order valence-electron chi connectivity index (χ2n) is 5.11. The summed E-state index contributed by atoms with van der Waals surface area (Å²) < 4.78 is 31.8. The van der Waals surface area contributed by atoms with Crippen LogP contribution in [0.4, 0.5) is 0 Å². The van der Waals surface area contributed by atoms with E-state index < -0.39 is 15.9 Å². The predicted octanol–water partition coefficient (Wildman–Crippen LogP) is 1.13. The largest absolute Gasteiger partial charge is 0.381 e. The summed E-state index contributed by atoms with van der Waals surface area (Å²) in [6.07, 6.45) is 0.602. The minimum absolute atomic E-state index is 0.107. The summed E-state index contributed by atoms with van der Waals surface area (Å²) in [5, 5.41) is 0. The number of benzene rings is 1. The van der Waals surface area contributed by atoms with E-state index in [1.54, 1.807) is 0 Å². The number of carbonyl (C=O) groups excluding carboxylic acids is 1. The second kappa shape index (κ2) is 8.11. The molecule has 6 nitrogen and oxygen atoms in total. The van der Waals surface area contributed by atoms with Crippen molar-refractivity contribution in [2.24, 2.45) is 11.7 Å². The third kappa shape index (κ3) is 6.24. The molecule has 0 fully saturated rings. The highest BCUT2D eigenvalue weighted by Gasteiger charge is 2.13. The van der Waals surface area contributed by atoms with Gasteiger partial charge in [0.25, 0.3) is 0 Å². The predicted molar refractivity (Wildman–Crippen MR) is 80.4 cm³/mol. The van der Waals surface area contributed by atoms with Crippen LogP contribution in [0.5, 0.6) is 0 Å². The molecule has 7 heteroatoms. The van der Waals surface area contributed by atoms with Gasteiger partial charge in [-0.15, -0.1) is 0 Å². The van der Waals surface area contributed by atoms with Crippen LogP contribution in [0.2, 0.25) is 0 Å². The summed E-state index contributed by atoms with van der Waals surface area (Å²) in [6.45, 7) is 5.59. The van der Waals surface area contributed by atoms with Crippen LogP contribution >= 0.6 is 0 Å². The molecule has 0 aromatic heterocycles. The zero-order chi connectivity index (χ0) is 15.9. The van der Waals surface area contributed by atoms with Gasteiger partial charge in [-0.2, -0.15) is 0 Å². The average molecular weight is 314 g/mol. The van der Waals surface area contributed by atoms with E-state index in [-0.39, 0.29) is 10.5 Å². The molecule has 0 spiro atoms. The van der Waals surface area contributed by atoms with Crippen LogP contribution in [-0.2, 0) is 14.8 Å². The number of rotatable bonds is 9. The number of amides is 1. The first-order chi connectivity index (χ1) is 9.83. The molecule has 0 saturated heterocycles. The monoisotopic (exact) mass is 314 g/mol. The number of sulfonamides is 1. The Labute approximate surface area is 125 Å². The van der Waals surface area contributed by atoms with Gasteiger partial charge in [-0.05, 0) is 36.6 Å². The van der Waals surface area contributed by atoms with E-state index in [1.807, 2.05) is 0 Å². The van der Waals surface area contributed by atoms with E-state index in [0.717, 1.165) is 0 Å². The van der Waals surface area contributed by atoms with E-state index in [0.29, 0.717) is 32.1 Å². The van der Waals surface area contributed by atoms with E-state index in [2.05, 4.69) is 18.6 Å². The van der Waals surface area contributed by atoms with Gasteiger partial charge in [-0.25, -0.2) is 13.1 Å². The smallest absolute Gasteiger partial charge is 0.248 e. The third-order valence-corrected chi connectivity index (χ3v) is 4.13. The lowest BCUT2D eigenvalue weighted by Crippen LogP contribution is -2.25. The summed E-state index contributed by atoms with van der Waals surface area (Å²) in [5.74, 6) is -0.125. The van der Waals surface area contributed by atoms with Crippen molar-refractivity contribution >= 4 is 15.9 Å². The van der Waals surface area contributed by atoms with Crippen molar-refractivity contribution < 1.29 is 17.9 Å². The van der Waals surface area contributed by atoms with Crippen molar-refractivity contribution in [2.75, 3.05) is 19.8 Å². The fourth-order valence-corrected chi connectivity index (χ4v) is 2.66. The molecule has 1 aromatic rings. The fourth-order valence-electron chi connectivity index (χ4n) is 1.58. The molecule has 0 aliphatic heterocycles. The zero-order valence-corrected chi connectivity index (χ0v) is 13.2. The number of primary amides is 1. The van der Waals surface area contributed by atoms with Crippen LogP contribution in [0, 0.1) is 5.92 Å². The maximum Gasteiger partial charge on any atom is 0.248 e. The van der Waals surface area contributed by atoms with Gasteiger partial charge in [0.15, 0.2) is 0 Å². The Balaban J connectivity index is 2.44. The van der Waals surface area contributed by atoms with Crippen LogP contribution < -0.4 is 10.5 Å². The Morgan fingerprint density at radius 3 is 2.43 bits per heavy atom. The van der Waals surface area contributed by atoms with Crippen LogP contribution in [-0.4, -0.2) is 34.1 Å². The summed E-state index contributed by atoms with van der Waals surface area (Å²) in [5.41, 5.74) is 5.38. The number of nitrogens with two attached hydrogens (primary N) is 1. The molecule has 21 heavy (non-hydrogen) atoms. The van der Waals surface area contributed by atoms with Crippen LogP contribution in [0.1, 0.15) is 30.6 Å². The minimum atomic E-state index is -3.56. The van der Waals surface area contributed by atoms with Crippen LogP contribution in [0.25, 0.3) is 0 Å². The highest BCUT2D eigenvalue weighted by Crippen LogP contribution is 2.10. The number of ether oxygens (including phenoxy) is 1. The number of hydrogen-bond acceptors (Lipinski definition) is 4. The summed E-state index contributed by atoms with van der Waals surface area (Å²) in [7, 11) is -3.56. The molecule has 0 unspecified atom stereocenters. The van der Waals surface area contributed by atoms with Gasteiger partial charge in [-0.1, -0.05) is 13.8 Å². The fraction of sp³-hybridized carbons (Fsp3) is 0.500. The molecule has 118 valence electrons. The molecular weight excluding hydrogens is 292 g/mol. The van der Waals surface area contributed by atoms with Gasteiger partial charge in [0.05, 0.1) is 4.90 Å². The van der Waals surface area contributed by atoms with E-state index >= 15 is 0 Å². The Morgan fingerprint density at radius 2 is 1.90 bits per heavy atom. The molecule has 0 aliphatic carbocycles. The molecule has 1 aromatic carbocycles. The molecule has 0 bridgehead atoms. The van der Waals surface area contributed by atoms with Gasteiger partial charge < -0.3 is 10.5 Å². The molecule has 0 atom stereocenters. The first-order valence-electron chi connectivity index (χ1n) is 6.80. The first kappa shape index (κ1) is 17.6. The molecular formula is C14H22N2O4S. The Hall–Kier alpha value is -1.44. The molecule has 0 aliphatic rings. The summed E-state index contributed by atoms with van der Waals surface area (Å²) >= 11 is 0. The molecule has 0 heterocycles. The number of hydrogen-bond donors (Lipinski definition) is 2. The maximum atomic E-state index is 12.0. The van der Waals surface area contributed by atoms with E-state index in [1.165, 1.54) is 24.3 Å². The molecule has 1 rings (SSSR count). The van der Waals surface area contributed by atoms with Crippen molar-refractivity contribution in [1.82, 2.24) is 4.72 Å². The van der Waals surface area contributed by atoms with Gasteiger partial charge in [0.1, 0.15) is 0 Å². The lowest BCUT2D eigenvalue weighted by atomic mass is 10.2. The standard InChI is InChI=1S/C14H22N2O4S/c1-11(2)10-20-9-3-8-16-21(18,19)13-6-4-12(5-7-13)14(15)17/h4-7,11,16H,3,8-10H2,1-2H3,(H2,15,17). The van der Waals surface area contributed by atoms with Crippen LogP contribution in [0.15, 0.2) is 29.2 Å². The molecule has 0 saturated carbocycles. The Morgan fingerprint density at radius 1 is 1.29 bits per heavy atom. The van der Waals surface area contributed by atoms with Crippen molar-refractivity contribution in [3.05, 3.63) is 29.8 Å². The van der Waals surface area contributed by atoms with E-state index in [4.69, 9.17) is 10.5 Å². The molecule has 3 N–H and O–H groups in total. The van der Waals surface area contributed by atoms with Crippen molar-refractivity contribution in [3.8, 4) is 0 Å². The SMILES string of the molecule is CC(C)COCCCNS(=O)(=O)c1ccc(C(N)=O)cc1. The third-order valence-electron chi connectivity index (χ3n) is 2.66. The van der Waals surface area contributed by atoms with Gasteiger partial charge in [-0.3, -0.25) is 4.79 Å². The van der Waals surface area contributed by atoms with Crippen molar-refractivity contribution in [2.45, 2.75) is 25.2 Å². The zero-order valence-electron chi connectivity index (χ0n) is 12.3.